The summed E-state index contributed by atoms with van der Waals surface area (Å²) in [5.41, 5.74) is 1.08. The molecule has 1 N–H and O–H groups in total. The van der Waals surface area contributed by atoms with E-state index in [1.54, 1.807) is 7.11 Å². The molecule has 5 heteroatoms. The fraction of sp³-hybridized carbons (Fsp3) is 0.786. The van der Waals surface area contributed by atoms with Gasteiger partial charge in [0.15, 0.2) is 0 Å². The lowest BCUT2D eigenvalue weighted by atomic mass is 10.4. The maximum absolute atomic E-state index is 5.06. The van der Waals surface area contributed by atoms with Gasteiger partial charge in [0.05, 0.1) is 5.69 Å². The topological polar surface area (TPSA) is 42.3 Å². The van der Waals surface area contributed by atoms with E-state index in [9.17, 15) is 0 Å². The maximum atomic E-state index is 5.06. The molecule has 0 radical (unpaired) electrons. The van der Waals surface area contributed by atoms with Gasteiger partial charge in [-0.3, -0.25) is 0 Å². The van der Waals surface area contributed by atoms with Crippen molar-refractivity contribution < 1.29 is 4.74 Å². The third-order valence-electron chi connectivity index (χ3n) is 3.56. The van der Waals surface area contributed by atoms with Gasteiger partial charge in [-0.25, -0.2) is 4.98 Å². The van der Waals surface area contributed by atoms with Crippen LogP contribution in [0.2, 0.25) is 0 Å². The normalized spacial score (nSPS) is 16.1. The van der Waals surface area contributed by atoms with Crippen LogP contribution in [0.1, 0.15) is 25.0 Å². The molecule has 1 aliphatic rings. The Labute approximate surface area is 116 Å². The van der Waals surface area contributed by atoms with Gasteiger partial charge in [0.1, 0.15) is 0 Å². The minimum absolute atomic E-state index is 0.792. The predicted octanol–water partition coefficient (Wildman–Crippen LogP) is 1.74. The summed E-state index contributed by atoms with van der Waals surface area (Å²) in [6.07, 6.45) is 5.85. The number of ether oxygens (including phenoxy) is 1. The molecule has 0 atom stereocenters. The van der Waals surface area contributed by atoms with E-state index in [2.05, 4.69) is 26.0 Å². The molecule has 0 saturated carbocycles. The molecule has 1 saturated heterocycles. The molecule has 0 aromatic carbocycles. The molecule has 1 aromatic heterocycles. The lowest BCUT2D eigenvalue weighted by Gasteiger charge is -2.16. The Kier molecular flexibility index (Phi) is 5.66. The molecule has 5 nitrogen and oxygen atoms in total. The highest BCUT2D eigenvalue weighted by molar-refractivity contribution is 5.28. The summed E-state index contributed by atoms with van der Waals surface area (Å²) in [6, 6.07) is 0. The summed E-state index contributed by atoms with van der Waals surface area (Å²) in [4.78, 5) is 7.08. The molecule has 1 aromatic rings. The van der Waals surface area contributed by atoms with Crippen LogP contribution in [-0.4, -0.2) is 54.3 Å². The highest BCUT2D eigenvalue weighted by Crippen LogP contribution is 2.11. The van der Waals surface area contributed by atoms with Gasteiger partial charge in [0.2, 0.25) is 5.95 Å². The summed E-state index contributed by atoms with van der Waals surface area (Å²) in [5, 5.41) is 3.40. The number of imidazole rings is 1. The summed E-state index contributed by atoms with van der Waals surface area (Å²) in [7, 11) is 1.74. The number of aromatic nitrogens is 2. The van der Waals surface area contributed by atoms with Crippen LogP contribution in [0.25, 0.3) is 0 Å². The van der Waals surface area contributed by atoms with Crippen molar-refractivity contribution in [3.05, 3.63) is 11.9 Å². The van der Waals surface area contributed by atoms with E-state index in [0.717, 1.165) is 44.3 Å². The van der Waals surface area contributed by atoms with Gasteiger partial charge in [0, 0.05) is 39.5 Å². The molecule has 0 spiro atoms. The summed E-state index contributed by atoms with van der Waals surface area (Å²) in [5.74, 6) is 0.993. The SMILES string of the molecule is COCCCNc1nc(C)cn1CCN1CCCC1. The van der Waals surface area contributed by atoms with Crippen LogP contribution in [0, 0.1) is 6.92 Å². The minimum atomic E-state index is 0.792. The molecule has 0 aliphatic carbocycles. The Morgan fingerprint density at radius 1 is 1.32 bits per heavy atom. The van der Waals surface area contributed by atoms with E-state index < -0.39 is 0 Å². The zero-order valence-electron chi connectivity index (χ0n) is 12.2. The average Bonchev–Trinajstić information content (AvgIpc) is 3.02. The number of anilines is 1. The van der Waals surface area contributed by atoms with E-state index in [0.29, 0.717) is 0 Å². The van der Waals surface area contributed by atoms with Crippen molar-refractivity contribution in [2.24, 2.45) is 0 Å². The predicted molar refractivity (Wildman–Crippen MR) is 77.6 cm³/mol. The van der Waals surface area contributed by atoms with Crippen molar-refractivity contribution in [1.29, 1.82) is 0 Å². The van der Waals surface area contributed by atoms with Gasteiger partial charge >= 0.3 is 0 Å². The number of hydrogen-bond donors (Lipinski definition) is 1. The Morgan fingerprint density at radius 2 is 2.11 bits per heavy atom. The van der Waals surface area contributed by atoms with Crippen LogP contribution in [0.4, 0.5) is 5.95 Å². The van der Waals surface area contributed by atoms with Gasteiger partial charge in [-0.2, -0.15) is 0 Å². The van der Waals surface area contributed by atoms with Gasteiger partial charge in [-0.05, 0) is 39.3 Å². The fourth-order valence-corrected chi connectivity index (χ4v) is 2.53. The van der Waals surface area contributed by atoms with Gasteiger partial charge < -0.3 is 19.5 Å². The Balaban J connectivity index is 1.80. The summed E-state index contributed by atoms with van der Waals surface area (Å²) >= 11 is 0. The van der Waals surface area contributed by atoms with Gasteiger partial charge in [0.25, 0.3) is 0 Å². The molecular weight excluding hydrogens is 240 g/mol. The lowest BCUT2D eigenvalue weighted by molar-refractivity contribution is 0.197. The Bertz CT molecular complexity index is 372. The zero-order chi connectivity index (χ0) is 13.5. The van der Waals surface area contributed by atoms with E-state index in [4.69, 9.17) is 4.74 Å². The van der Waals surface area contributed by atoms with Crippen LogP contribution in [0.5, 0.6) is 0 Å². The standard InChI is InChI=1S/C14H26N4O/c1-13-12-18(10-9-17-7-3-4-8-17)14(16-13)15-6-5-11-19-2/h12H,3-11H2,1-2H3,(H,15,16). The van der Waals surface area contributed by atoms with Crippen LogP contribution in [0.15, 0.2) is 6.20 Å². The lowest BCUT2D eigenvalue weighted by Crippen LogP contribution is -2.24. The molecule has 2 heterocycles. The first kappa shape index (κ1) is 14.3. The fourth-order valence-electron chi connectivity index (χ4n) is 2.53. The third-order valence-corrected chi connectivity index (χ3v) is 3.56. The van der Waals surface area contributed by atoms with E-state index in [-0.39, 0.29) is 0 Å². The number of hydrogen-bond acceptors (Lipinski definition) is 4. The van der Waals surface area contributed by atoms with Crippen LogP contribution in [0.3, 0.4) is 0 Å². The second kappa shape index (κ2) is 7.50. The zero-order valence-corrected chi connectivity index (χ0v) is 12.2. The first-order chi connectivity index (χ1) is 9.29. The van der Waals surface area contributed by atoms with Crippen LogP contribution < -0.4 is 5.32 Å². The quantitative estimate of drug-likeness (QED) is 0.728. The number of nitrogens with one attached hydrogen (secondary N) is 1. The minimum Gasteiger partial charge on any atom is -0.385 e. The molecule has 0 bridgehead atoms. The van der Waals surface area contributed by atoms with E-state index in [1.165, 1.54) is 25.9 Å². The largest absolute Gasteiger partial charge is 0.385 e. The van der Waals surface area contributed by atoms with Gasteiger partial charge in [-0.15, -0.1) is 0 Å². The van der Waals surface area contributed by atoms with Crippen molar-refractivity contribution in [3.8, 4) is 0 Å². The number of likely N-dealkylation sites (tertiary alicyclic amines) is 1. The monoisotopic (exact) mass is 266 g/mol. The first-order valence-electron chi connectivity index (χ1n) is 7.28. The van der Waals surface area contributed by atoms with Crippen LogP contribution in [-0.2, 0) is 11.3 Å². The summed E-state index contributed by atoms with van der Waals surface area (Å²) < 4.78 is 7.29. The van der Waals surface area contributed by atoms with Crippen LogP contribution >= 0.6 is 0 Å². The van der Waals surface area contributed by atoms with Gasteiger partial charge in [-0.1, -0.05) is 0 Å². The first-order valence-corrected chi connectivity index (χ1v) is 7.28. The highest BCUT2D eigenvalue weighted by atomic mass is 16.5. The third kappa shape index (κ3) is 4.51. The number of methoxy groups -OCH3 is 1. The van der Waals surface area contributed by atoms with Crippen molar-refractivity contribution in [2.45, 2.75) is 32.7 Å². The maximum Gasteiger partial charge on any atom is 0.203 e. The Hall–Kier alpha value is -1.07. The molecule has 0 unspecified atom stereocenters. The number of nitrogens with zero attached hydrogens (tertiary/aromatic N) is 3. The van der Waals surface area contributed by atoms with Crippen molar-refractivity contribution >= 4 is 5.95 Å². The van der Waals surface area contributed by atoms with Crippen molar-refractivity contribution in [1.82, 2.24) is 14.5 Å². The van der Waals surface area contributed by atoms with Crippen molar-refractivity contribution in [3.63, 3.8) is 0 Å². The van der Waals surface area contributed by atoms with E-state index in [1.807, 2.05) is 6.92 Å². The molecule has 0 amide bonds. The average molecular weight is 266 g/mol. The van der Waals surface area contributed by atoms with E-state index >= 15 is 0 Å². The molecular formula is C14H26N4O. The highest BCUT2D eigenvalue weighted by Gasteiger charge is 2.12. The van der Waals surface area contributed by atoms with Crippen molar-refractivity contribution in [2.75, 3.05) is 45.2 Å². The smallest absolute Gasteiger partial charge is 0.203 e. The number of rotatable bonds is 8. The summed E-state index contributed by atoms with van der Waals surface area (Å²) in [6.45, 7) is 8.41. The molecule has 108 valence electrons. The molecule has 2 rings (SSSR count). The molecule has 19 heavy (non-hydrogen) atoms. The second-order valence-corrected chi connectivity index (χ2v) is 5.22. The molecule has 1 aliphatic heterocycles. The number of aryl methyl sites for hydroxylation is 1. The second-order valence-electron chi connectivity index (χ2n) is 5.22. The molecule has 1 fully saturated rings. The Morgan fingerprint density at radius 3 is 2.84 bits per heavy atom.